The van der Waals surface area contributed by atoms with E-state index < -0.39 is 10.9 Å². The van der Waals surface area contributed by atoms with Crippen molar-refractivity contribution in [2.24, 2.45) is 0 Å². The zero-order chi connectivity index (χ0) is 17.1. The first-order chi connectivity index (χ1) is 11.5. The van der Waals surface area contributed by atoms with Crippen LogP contribution in [0.15, 0.2) is 42.5 Å². The molecule has 1 fully saturated rings. The van der Waals surface area contributed by atoms with Crippen LogP contribution in [0.25, 0.3) is 0 Å². The van der Waals surface area contributed by atoms with Crippen LogP contribution in [-0.4, -0.2) is 47.2 Å². The molecule has 8 nitrogen and oxygen atoms in total. The maximum Gasteiger partial charge on any atom is 0.354 e. The molecule has 0 spiro atoms. The highest BCUT2D eigenvalue weighted by molar-refractivity contribution is 5.85. The minimum atomic E-state index is -1.05. The van der Waals surface area contributed by atoms with Crippen LogP contribution in [0, 0.1) is 10.1 Å². The minimum absolute atomic E-state index is 0.0219. The lowest BCUT2D eigenvalue weighted by Crippen LogP contribution is -2.46. The van der Waals surface area contributed by atoms with Gasteiger partial charge in [-0.15, -0.1) is 0 Å². The van der Waals surface area contributed by atoms with Crippen LogP contribution in [0.5, 0.6) is 0 Å². The number of nitro groups is 1. The van der Waals surface area contributed by atoms with Crippen molar-refractivity contribution in [1.82, 2.24) is 4.98 Å². The molecule has 124 valence electrons. The number of hydrogen-bond acceptors (Lipinski definition) is 6. The van der Waals surface area contributed by atoms with E-state index in [2.05, 4.69) is 9.88 Å². The van der Waals surface area contributed by atoms with E-state index in [0.717, 1.165) is 5.69 Å². The van der Waals surface area contributed by atoms with Gasteiger partial charge in [0.2, 0.25) is 0 Å². The summed E-state index contributed by atoms with van der Waals surface area (Å²) in [6, 6.07) is 11.5. The highest BCUT2D eigenvalue weighted by atomic mass is 16.6. The summed E-state index contributed by atoms with van der Waals surface area (Å²) in [6.07, 6.45) is 0. The first-order valence-corrected chi connectivity index (χ1v) is 7.49. The molecule has 0 radical (unpaired) electrons. The van der Waals surface area contributed by atoms with Gasteiger partial charge in [0.25, 0.3) is 5.69 Å². The number of hydrogen-bond donors (Lipinski definition) is 1. The summed E-state index contributed by atoms with van der Waals surface area (Å²) < 4.78 is 0. The maximum atomic E-state index is 11.0. The molecule has 24 heavy (non-hydrogen) atoms. The van der Waals surface area contributed by atoms with Crippen LogP contribution in [-0.2, 0) is 0 Å². The van der Waals surface area contributed by atoms with Crippen LogP contribution in [0.4, 0.5) is 17.2 Å². The van der Waals surface area contributed by atoms with Crippen molar-refractivity contribution in [3.63, 3.8) is 0 Å². The first-order valence-electron chi connectivity index (χ1n) is 7.49. The number of aromatic carboxylic acids is 1. The highest BCUT2D eigenvalue weighted by Gasteiger charge is 2.20. The molecular formula is C16H16N4O4. The largest absolute Gasteiger partial charge is 0.477 e. The van der Waals surface area contributed by atoms with Gasteiger partial charge < -0.3 is 14.9 Å². The van der Waals surface area contributed by atoms with Crippen molar-refractivity contribution in [3.8, 4) is 0 Å². The number of rotatable bonds is 4. The van der Waals surface area contributed by atoms with Gasteiger partial charge >= 0.3 is 5.97 Å². The Labute approximate surface area is 138 Å². The lowest BCUT2D eigenvalue weighted by Gasteiger charge is -2.36. The molecule has 0 aliphatic carbocycles. The van der Waals surface area contributed by atoms with Crippen molar-refractivity contribution in [2.75, 3.05) is 36.0 Å². The minimum Gasteiger partial charge on any atom is -0.477 e. The van der Waals surface area contributed by atoms with Gasteiger partial charge in [-0.1, -0.05) is 12.1 Å². The van der Waals surface area contributed by atoms with E-state index in [1.54, 1.807) is 24.3 Å². The summed E-state index contributed by atoms with van der Waals surface area (Å²) in [6.45, 7) is 2.69. The monoisotopic (exact) mass is 328 g/mol. The maximum absolute atomic E-state index is 11.0. The number of nitrogens with zero attached hydrogens (tertiary/aromatic N) is 4. The van der Waals surface area contributed by atoms with Crippen molar-refractivity contribution in [1.29, 1.82) is 0 Å². The van der Waals surface area contributed by atoms with Gasteiger partial charge in [0.05, 0.1) is 4.92 Å². The Bertz CT molecular complexity index is 707. The van der Waals surface area contributed by atoms with Gasteiger partial charge in [0.15, 0.2) is 5.69 Å². The van der Waals surface area contributed by atoms with E-state index in [1.807, 2.05) is 11.0 Å². The van der Waals surface area contributed by atoms with Crippen molar-refractivity contribution in [3.05, 3.63) is 58.3 Å². The fourth-order valence-corrected chi connectivity index (χ4v) is 2.72. The second-order valence-electron chi connectivity index (χ2n) is 5.44. The third kappa shape index (κ3) is 3.27. The lowest BCUT2D eigenvalue weighted by atomic mass is 10.2. The Morgan fingerprint density at radius 1 is 1.08 bits per heavy atom. The van der Waals surface area contributed by atoms with Crippen LogP contribution in [0.3, 0.4) is 0 Å². The predicted octanol–water partition coefficient (Wildman–Crippen LogP) is 2.01. The molecule has 1 aliphatic rings. The fraction of sp³-hybridized carbons (Fsp3) is 0.250. The van der Waals surface area contributed by atoms with Gasteiger partial charge in [-0.25, -0.2) is 9.78 Å². The van der Waals surface area contributed by atoms with E-state index in [9.17, 15) is 14.9 Å². The average Bonchev–Trinajstić information content (AvgIpc) is 2.62. The molecule has 1 aromatic carbocycles. The number of piperazine rings is 1. The molecule has 1 saturated heterocycles. The Balaban J connectivity index is 1.70. The number of aromatic nitrogens is 1. The van der Waals surface area contributed by atoms with E-state index in [-0.39, 0.29) is 11.4 Å². The molecule has 0 atom stereocenters. The number of carboxylic acid groups (broad SMARTS) is 1. The van der Waals surface area contributed by atoms with Crippen molar-refractivity contribution < 1.29 is 14.8 Å². The zero-order valence-corrected chi connectivity index (χ0v) is 12.8. The molecule has 0 unspecified atom stereocenters. The quantitative estimate of drug-likeness (QED) is 0.677. The molecule has 0 bridgehead atoms. The number of nitro benzene ring substituents is 1. The summed E-state index contributed by atoms with van der Waals surface area (Å²) in [4.78, 5) is 29.7. The molecular weight excluding hydrogens is 312 g/mol. The van der Waals surface area contributed by atoms with Crippen LogP contribution >= 0.6 is 0 Å². The Kier molecular flexibility index (Phi) is 4.28. The van der Waals surface area contributed by atoms with Gasteiger partial charge in [0.1, 0.15) is 5.82 Å². The third-order valence-electron chi connectivity index (χ3n) is 3.96. The Morgan fingerprint density at radius 3 is 2.42 bits per heavy atom. The van der Waals surface area contributed by atoms with Crippen molar-refractivity contribution >= 4 is 23.2 Å². The zero-order valence-electron chi connectivity index (χ0n) is 12.8. The van der Waals surface area contributed by atoms with E-state index >= 15 is 0 Å². The van der Waals surface area contributed by atoms with Gasteiger partial charge in [0, 0.05) is 44.0 Å². The van der Waals surface area contributed by atoms with Gasteiger partial charge in [-0.05, 0) is 18.2 Å². The van der Waals surface area contributed by atoms with Crippen LogP contribution < -0.4 is 9.80 Å². The summed E-state index contributed by atoms with van der Waals surface area (Å²) in [7, 11) is 0. The normalized spacial score (nSPS) is 14.5. The summed E-state index contributed by atoms with van der Waals surface area (Å²) in [5, 5.41) is 19.9. The number of benzene rings is 1. The Morgan fingerprint density at radius 2 is 1.75 bits per heavy atom. The number of pyridine rings is 1. The molecule has 2 aromatic rings. The van der Waals surface area contributed by atoms with Crippen LogP contribution in [0.2, 0.25) is 0 Å². The number of carboxylic acids is 1. The summed E-state index contributed by atoms with van der Waals surface area (Å²) >= 11 is 0. The standard InChI is InChI=1S/C16H16N4O4/c21-16(22)14-5-2-6-15(17-14)19-9-7-18(8-10-19)12-3-1-4-13(11-12)20(23)24/h1-6,11H,7-10H2,(H,21,22). The van der Waals surface area contributed by atoms with E-state index in [4.69, 9.17) is 5.11 Å². The number of carbonyl (C=O) groups is 1. The molecule has 0 saturated carbocycles. The molecule has 2 heterocycles. The summed E-state index contributed by atoms with van der Waals surface area (Å²) in [5.41, 5.74) is 0.912. The summed E-state index contributed by atoms with van der Waals surface area (Å²) in [5.74, 6) is -0.416. The molecule has 1 aromatic heterocycles. The molecule has 0 amide bonds. The van der Waals surface area contributed by atoms with Crippen molar-refractivity contribution in [2.45, 2.75) is 0 Å². The average molecular weight is 328 g/mol. The number of anilines is 2. The lowest BCUT2D eigenvalue weighted by molar-refractivity contribution is -0.384. The smallest absolute Gasteiger partial charge is 0.354 e. The SMILES string of the molecule is O=C(O)c1cccc(N2CCN(c3cccc([N+](=O)[O-])c3)CC2)n1. The van der Waals surface area contributed by atoms with Gasteiger partial charge in [-0.2, -0.15) is 0 Å². The fourth-order valence-electron chi connectivity index (χ4n) is 2.72. The third-order valence-corrected chi connectivity index (χ3v) is 3.96. The van der Waals surface area contributed by atoms with Crippen LogP contribution in [0.1, 0.15) is 10.5 Å². The molecule has 3 rings (SSSR count). The molecule has 8 heteroatoms. The highest BCUT2D eigenvalue weighted by Crippen LogP contribution is 2.23. The number of non-ortho nitro benzene ring substituents is 1. The second kappa shape index (κ2) is 6.53. The van der Waals surface area contributed by atoms with E-state index in [1.165, 1.54) is 12.1 Å². The van der Waals surface area contributed by atoms with E-state index in [0.29, 0.717) is 32.0 Å². The second-order valence-corrected chi connectivity index (χ2v) is 5.44. The topological polar surface area (TPSA) is 99.8 Å². The molecule has 1 N–H and O–H groups in total. The first kappa shape index (κ1) is 15.7. The predicted molar refractivity (Wildman–Crippen MR) is 88.7 cm³/mol. The Hall–Kier alpha value is -3.16. The van der Waals surface area contributed by atoms with Gasteiger partial charge in [-0.3, -0.25) is 10.1 Å². The molecule has 1 aliphatic heterocycles.